The number of amides is 1. The SMILES string of the molecule is CCCOCCC(Cl)C(=O)Nc1ccccc1. The maximum absolute atomic E-state index is 11.7. The van der Waals surface area contributed by atoms with Crippen molar-refractivity contribution >= 4 is 23.2 Å². The number of para-hydroxylation sites is 1. The van der Waals surface area contributed by atoms with Gasteiger partial charge in [-0.15, -0.1) is 11.6 Å². The molecule has 0 saturated carbocycles. The Hall–Kier alpha value is -1.06. The summed E-state index contributed by atoms with van der Waals surface area (Å²) >= 11 is 5.97. The van der Waals surface area contributed by atoms with Crippen LogP contribution in [-0.4, -0.2) is 24.5 Å². The van der Waals surface area contributed by atoms with E-state index in [1.807, 2.05) is 37.3 Å². The molecule has 3 nitrogen and oxygen atoms in total. The Bertz CT molecular complexity index is 329. The van der Waals surface area contributed by atoms with Crippen molar-refractivity contribution in [3.63, 3.8) is 0 Å². The average molecular weight is 256 g/mol. The van der Waals surface area contributed by atoms with Gasteiger partial charge in [0, 0.05) is 18.9 Å². The van der Waals surface area contributed by atoms with E-state index in [9.17, 15) is 4.79 Å². The van der Waals surface area contributed by atoms with Crippen molar-refractivity contribution in [2.75, 3.05) is 18.5 Å². The number of carbonyl (C=O) groups excluding carboxylic acids is 1. The van der Waals surface area contributed by atoms with Crippen LogP contribution in [0.25, 0.3) is 0 Å². The number of ether oxygens (including phenoxy) is 1. The minimum atomic E-state index is -0.549. The number of anilines is 1. The molecule has 1 amide bonds. The molecule has 1 aromatic carbocycles. The molecule has 0 fully saturated rings. The third-order valence-corrected chi connectivity index (χ3v) is 2.61. The number of halogens is 1. The fraction of sp³-hybridized carbons (Fsp3) is 0.462. The number of hydrogen-bond acceptors (Lipinski definition) is 2. The van der Waals surface area contributed by atoms with Crippen molar-refractivity contribution in [1.82, 2.24) is 0 Å². The van der Waals surface area contributed by atoms with Gasteiger partial charge in [0.1, 0.15) is 5.38 Å². The summed E-state index contributed by atoms with van der Waals surface area (Å²) in [5.74, 6) is -0.182. The van der Waals surface area contributed by atoms with Crippen molar-refractivity contribution in [2.45, 2.75) is 25.1 Å². The summed E-state index contributed by atoms with van der Waals surface area (Å²) in [7, 11) is 0. The first-order chi connectivity index (χ1) is 8.24. The molecule has 0 aliphatic heterocycles. The van der Waals surface area contributed by atoms with Gasteiger partial charge in [-0.3, -0.25) is 4.79 Å². The molecule has 17 heavy (non-hydrogen) atoms. The van der Waals surface area contributed by atoms with Crippen molar-refractivity contribution in [2.24, 2.45) is 0 Å². The molecule has 0 heterocycles. The standard InChI is InChI=1S/C13H18ClNO2/c1-2-9-17-10-8-12(14)13(16)15-11-6-4-3-5-7-11/h3-7,12H,2,8-10H2,1H3,(H,15,16). The van der Waals surface area contributed by atoms with Crippen molar-refractivity contribution < 1.29 is 9.53 Å². The van der Waals surface area contributed by atoms with E-state index >= 15 is 0 Å². The van der Waals surface area contributed by atoms with Crippen LogP contribution in [0, 0.1) is 0 Å². The van der Waals surface area contributed by atoms with Gasteiger partial charge in [-0.25, -0.2) is 0 Å². The summed E-state index contributed by atoms with van der Waals surface area (Å²) < 4.78 is 5.29. The van der Waals surface area contributed by atoms with E-state index in [-0.39, 0.29) is 5.91 Å². The van der Waals surface area contributed by atoms with Crippen LogP contribution in [0.1, 0.15) is 19.8 Å². The zero-order valence-corrected chi connectivity index (χ0v) is 10.7. The molecule has 0 aliphatic rings. The van der Waals surface area contributed by atoms with Gasteiger partial charge in [0.25, 0.3) is 0 Å². The van der Waals surface area contributed by atoms with E-state index in [2.05, 4.69) is 5.32 Å². The van der Waals surface area contributed by atoms with Gasteiger partial charge in [0.15, 0.2) is 0 Å². The predicted molar refractivity (Wildman–Crippen MR) is 70.4 cm³/mol. The largest absolute Gasteiger partial charge is 0.381 e. The normalized spacial score (nSPS) is 12.1. The molecular formula is C13H18ClNO2. The highest BCUT2D eigenvalue weighted by atomic mass is 35.5. The monoisotopic (exact) mass is 255 g/mol. The van der Waals surface area contributed by atoms with Crippen LogP contribution in [0.15, 0.2) is 30.3 Å². The second kappa shape index (κ2) is 8.09. The van der Waals surface area contributed by atoms with E-state index < -0.39 is 5.38 Å². The molecule has 4 heteroatoms. The average Bonchev–Trinajstić information content (AvgIpc) is 2.35. The maximum Gasteiger partial charge on any atom is 0.242 e. The number of hydrogen-bond donors (Lipinski definition) is 1. The van der Waals surface area contributed by atoms with E-state index in [1.165, 1.54) is 0 Å². The number of benzene rings is 1. The molecule has 0 aromatic heterocycles. The molecule has 1 N–H and O–H groups in total. The highest BCUT2D eigenvalue weighted by Crippen LogP contribution is 2.09. The second-order valence-corrected chi connectivity index (χ2v) is 4.25. The molecule has 0 radical (unpaired) electrons. The topological polar surface area (TPSA) is 38.3 Å². The fourth-order valence-electron chi connectivity index (χ4n) is 1.31. The summed E-state index contributed by atoms with van der Waals surface area (Å²) in [5, 5.41) is 2.21. The Kier molecular flexibility index (Phi) is 6.67. The lowest BCUT2D eigenvalue weighted by Crippen LogP contribution is -2.24. The van der Waals surface area contributed by atoms with Gasteiger partial charge in [-0.2, -0.15) is 0 Å². The van der Waals surface area contributed by atoms with Crippen molar-refractivity contribution in [1.29, 1.82) is 0 Å². The molecule has 1 atom stereocenters. The minimum Gasteiger partial charge on any atom is -0.381 e. The summed E-state index contributed by atoms with van der Waals surface area (Å²) in [6, 6.07) is 9.28. The summed E-state index contributed by atoms with van der Waals surface area (Å²) in [4.78, 5) is 11.7. The molecule has 94 valence electrons. The Morgan fingerprint density at radius 2 is 2.06 bits per heavy atom. The first-order valence-corrected chi connectivity index (χ1v) is 6.25. The van der Waals surface area contributed by atoms with Crippen LogP contribution in [0.3, 0.4) is 0 Å². The lowest BCUT2D eigenvalue weighted by Gasteiger charge is -2.10. The molecule has 1 aromatic rings. The molecule has 0 spiro atoms. The van der Waals surface area contributed by atoms with E-state index in [4.69, 9.17) is 16.3 Å². The van der Waals surface area contributed by atoms with E-state index in [0.29, 0.717) is 19.6 Å². The predicted octanol–water partition coefficient (Wildman–Crippen LogP) is 3.05. The minimum absolute atomic E-state index is 0.182. The van der Waals surface area contributed by atoms with Gasteiger partial charge < -0.3 is 10.1 Å². The number of alkyl halides is 1. The number of nitrogens with one attached hydrogen (secondary N) is 1. The van der Waals surface area contributed by atoms with Crippen LogP contribution >= 0.6 is 11.6 Å². The van der Waals surface area contributed by atoms with Gasteiger partial charge in [0.05, 0.1) is 0 Å². The Labute approximate surface area is 107 Å². The molecule has 1 unspecified atom stereocenters. The van der Waals surface area contributed by atoms with E-state index in [0.717, 1.165) is 12.1 Å². The quantitative estimate of drug-likeness (QED) is 0.601. The summed E-state index contributed by atoms with van der Waals surface area (Å²) in [6.45, 7) is 3.27. The Balaban J connectivity index is 2.27. The molecule has 0 aliphatic carbocycles. The van der Waals surface area contributed by atoms with Crippen LogP contribution in [-0.2, 0) is 9.53 Å². The number of rotatable bonds is 7. The van der Waals surface area contributed by atoms with Gasteiger partial charge in [-0.05, 0) is 25.0 Å². The molecule has 1 rings (SSSR count). The Morgan fingerprint density at radius 1 is 1.35 bits per heavy atom. The lowest BCUT2D eigenvalue weighted by atomic mass is 10.2. The second-order valence-electron chi connectivity index (χ2n) is 3.72. The Morgan fingerprint density at radius 3 is 2.71 bits per heavy atom. The lowest BCUT2D eigenvalue weighted by molar-refractivity contribution is -0.116. The fourth-order valence-corrected chi connectivity index (χ4v) is 1.45. The zero-order valence-electron chi connectivity index (χ0n) is 9.99. The van der Waals surface area contributed by atoms with Crippen molar-refractivity contribution in [3.8, 4) is 0 Å². The third kappa shape index (κ3) is 5.71. The van der Waals surface area contributed by atoms with Crippen LogP contribution in [0.4, 0.5) is 5.69 Å². The van der Waals surface area contributed by atoms with Crippen molar-refractivity contribution in [3.05, 3.63) is 30.3 Å². The highest BCUT2D eigenvalue weighted by molar-refractivity contribution is 6.32. The van der Waals surface area contributed by atoms with Crippen LogP contribution in [0.5, 0.6) is 0 Å². The first-order valence-electron chi connectivity index (χ1n) is 5.81. The summed E-state index contributed by atoms with van der Waals surface area (Å²) in [6.07, 6.45) is 1.50. The molecule has 0 saturated heterocycles. The van der Waals surface area contributed by atoms with Crippen LogP contribution < -0.4 is 5.32 Å². The molecule has 0 bridgehead atoms. The summed E-state index contributed by atoms with van der Waals surface area (Å²) in [5.41, 5.74) is 0.762. The number of carbonyl (C=O) groups is 1. The van der Waals surface area contributed by atoms with Gasteiger partial charge >= 0.3 is 0 Å². The smallest absolute Gasteiger partial charge is 0.242 e. The third-order valence-electron chi connectivity index (χ3n) is 2.19. The van der Waals surface area contributed by atoms with Gasteiger partial charge in [-0.1, -0.05) is 25.1 Å². The highest BCUT2D eigenvalue weighted by Gasteiger charge is 2.14. The molecular weight excluding hydrogens is 238 g/mol. The van der Waals surface area contributed by atoms with Gasteiger partial charge in [0.2, 0.25) is 5.91 Å². The van der Waals surface area contributed by atoms with E-state index in [1.54, 1.807) is 0 Å². The zero-order chi connectivity index (χ0) is 12.5. The maximum atomic E-state index is 11.7. The van der Waals surface area contributed by atoms with Crippen LogP contribution in [0.2, 0.25) is 0 Å². The first kappa shape index (κ1) is 14.0.